The summed E-state index contributed by atoms with van der Waals surface area (Å²) in [4.78, 5) is 25.4. The van der Waals surface area contributed by atoms with Crippen molar-refractivity contribution in [1.29, 1.82) is 0 Å². The van der Waals surface area contributed by atoms with E-state index in [2.05, 4.69) is 5.32 Å². The van der Waals surface area contributed by atoms with Crippen LogP contribution in [0.2, 0.25) is 0 Å². The van der Waals surface area contributed by atoms with Crippen molar-refractivity contribution in [3.05, 3.63) is 77.9 Å². The first kappa shape index (κ1) is 26.6. The summed E-state index contributed by atoms with van der Waals surface area (Å²) in [5.41, 5.74) is 1.40. The van der Waals surface area contributed by atoms with E-state index in [9.17, 15) is 18.0 Å². The quantitative estimate of drug-likeness (QED) is 0.409. The number of methoxy groups -OCH3 is 2. The fraction of sp³-hybridized carbons (Fsp3) is 0.231. The molecule has 0 unspecified atom stereocenters. The molecule has 0 aromatic heterocycles. The Kier molecular flexibility index (Phi) is 8.55. The Morgan fingerprint density at radius 3 is 2.25 bits per heavy atom. The third-order valence-electron chi connectivity index (χ3n) is 5.38. The fourth-order valence-electron chi connectivity index (χ4n) is 3.54. The Morgan fingerprint density at radius 2 is 1.61 bits per heavy atom. The molecule has 3 aromatic rings. The van der Waals surface area contributed by atoms with Crippen LogP contribution in [0.25, 0.3) is 0 Å². The smallest absolute Gasteiger partial charge is 0.338 e. The van der Waals surface area contributed by atoms with E-state index in [-0.39, 0.29) is 17.2 Å². The number of nitrogens with zero attached hydrogens (tertiary/aromatic N) is 1. The van der Waals surface area contributed by atoms with Gasteiger partial charge in [0.15, 0.2) is 11.5 Å². The lowest BCUT2D eigenvalue weighted by Gasteiger charge is -2.25. The number of amides is 1. The molecule has 0 aliphatic carbocycles. The van der Waals surface area contributed by atoms with E-state index in [1.807, 2.05) is 0 Å². The average Bonchev–Trinajstić information content (AvgIpc) is 2.88. The monoisotopic (exact) mass is 512 g/mol. The van der Waals surface area contributed by atoms with Gasteiger partial charge in [0.2, 0.25) is 5.91 Å². The van der Waals surface area contributed by atoms with E-state index in [1.54, 1.807) is 56.3 Å². The number of carbonyl (C=O) groups is 2. The molecule has 0 aliphatic rings. The standard InChI is InChI=1S/C26H28N2O7S/c1-5-35-26(30)21-12-9-13-22(18(21)2)27-25(29)17-28(36(31,32)20-10-7-6-8-11-20)19-14-15-23(33-3)24(16-19)34-4/h6-16H,5,17H2,1-4H3,(H,27,29). The summed E-state index contributed by atoms with van der Waals surface area (Å²) in [6, 6.07) is 17.2. The van der Waals surface area contributed by atoms with Crippen molar-refractivity contribution < 1.29 is 32.2 Å². The minimum Gasteiger partial charge on any atom is -0.493 e. The minimum absolute atomic E-state index is 0.0214. The number of ether oxygens (including phenoxy) is 3. The zero-order valence-corrected chi connectivity index (χ0v) is 21.3. The molecule has 0 saturated carbocycles. The molecule has 0 spiro atoms. The van der Waals surface area contributed by atoms with Gasteiger partial charge in [-0.1, -0.05) is 24.3 Å². The van der Waals surface area contributed by atoms with Crippen molar-refractivity contribution in [3.63, 3.8) is 0 Å². The van der Waals surface area contributed by atoms with Gasteiger partial charge in [0.05, 0.1) is 37.0 Å². The van der Waals surface area contributed by atoms with E-state index in [0.29, 0.717) is 28.3 Å². The summed E-state index contributed by atoms with van der Waals surface area (Å²) in [5, 5.41) is 2.71. The minimum atomic E-state index is -4.12. The molecule has 0 saturated heterocycles. The number of anilines is 2. The number of hydrogen-bond acceptors (Lipinski definition) is 7. The molecule has 9 nitrogen and oxygen atoms in total. The van der Waals surface area contributed by atoms with Crippen LogP contribution >= 0.6 is 0 Å². The van der Waals surface area contributed by atoms with Gasteiger partial charge in [-0.15, -0.1) is 0 Å². The van der Waals surface area contributed by atoms with Crippen molar-refractivity contribution >= 4 is 33.3 Å². The summed E-state index contributed by atoms with van der Waals surface area (Å²) in [6.07, 6.45) is 0. The van der Waals surface area contributed by atoms with Crippen LogP contribution in [0.3, 0.4) is 0 Å². The molecular formula is C26H28N2O7S. The van der Waals surface area contributed by atoms with Gasteiger partial charge in [0.1, 0.15) is 6.54 Å². The van der Waals surface area contributed by atoms with Crippen LogP contribution in [0, 0.1) is 6.92 Å². The first-order valence-electron chi connectivity index (χ1n) is 11.1. The zero-order chi connectivity index (χ0) is 26.3. The molecule has 0 aliphatic heterocycles. The summed E-state index contributed by atoms with van der Waals surface area (Å²) >= 11 is 0. The molecule has 0 radical (unpaired) electrons. The van der Waals surface area contributed by atoms with E-state index >= 15 is 0 Å². The topological polar surface area (TPSA) is 111 Å². The Hall–Kier alpha value is -4.05. The number of sulfonamides is 1. The van der Waals surface area contributed by atoms with Crippen molar-refractivity contribution in [2.75, 3.05) is 37.0 Å². The normalized spacial score (nSPS) is 10.9. The predicted molar refractivity (Wildman–Crippen MR) is 136 cm³/mol. The van der Waals surface area contributed by atoms with Crippen LogP contribution in [0.15, 0.2) is 71.6 Å². The number of carbonyl (C=O) groups excluding carboxylic acids is 2. The summed E-state index contributed by atoms with van der Waals surface area (Å²) in [6.45, 7) is 3.06. The molecular weight excluding hydrogens is 484 g/mol. The molecule has 0 bridgehead atoms. The summed E-state index contributed by atoms with van der Waals surface area (Å²) < 4.78 is 43.8. The number of nitrogens with one attached hydrogen (secondary N) is 1. The van der Waals surface area contributed by atoms with Gasteiger partial charge in [0.25, 0.3) is 10.0 Å². The van der Waals surface area contributed by atoms with Gasteiger partial charge in [-0.3, -0.25) is 9.10 Å². The fourth-order valence-corrected chi connectivity index (χ4v) is 4.97. The van der Waals surface area contributed by atoms with Crippen LogP contribution in [-0.4, -0.2) is 47.7 Å². The van der Waals surface area contributed by atoms with Crippen LogP contribution < -0.4 is 19.1 Å². The third kappa shape index (κ3) is 5.77. The van der Waals surface area contributed by atoms with Gasteiger partial charge in [-0.25, -0.2) is 13.2 Å². The van der Waals surface area contributed by atoms with E-state index in [0.717, 1.165) is 4.31 Å². The molecule has 36 heavy (non-hydrogen) atoms. The Morgan fingerprint density at radius 1 is 0.917 bits per heavy atom. The lowest BCUT2D eigenvalue weighted by atomic mass is 10.1. The maximum absolute atomic E-state index is 13.6. The number of rotatable bonds is 10. The number of benzene rings is 3. The maximum atomic E-state index is 13.6. The zero-order valence-electron chi connectivity index (χ0n) is 20.5. The highest BCUT2D eigenvalue weighted by atomic mass is 32.2. The molecule has 3 rings (SSSR count). The van der Waals surface area contributed by atoms with Gasteiger partial charge in [-0.05, 0) is 55.8 Å². The molecule has 10 heteroatoms. The second-order valence-corrected chi connectivity index (χ2v) is 9.47. The summed E-state index contributed by atoms with van der Waals surface area (Å²) in [5.74, 6) is -0.395. The van der Waals surface area contributed by atoms with E-state index in [1.165, 1.54) is 38.5 Å². The highest BCUT2D eigenvalue weighted by molar-refractivity contribution is 7.92. The highest BCUT2D eigenvalue weighted by Gasteiger charge is 2.28. The van der Waals surface area contributed by atoms with E-state index < -0.39 is 28.4 Å². The number of hydrogen-bond donors (Lipinski definition) is 1. The Labute approximate surface area is 210 Å². The van der Waals surface area contributed by atoms with Crippen molar-refractivity contribution in [3.8, 4) is 11.5 Å². The van der Waals surface area contributed by atoms with Crippen LogP contribution in [-0.2, 0) is 19.6 Å². The first-order valence-corrected chi connectivity index (χ1v) is 12.5. The Bertz CT molecular complexity index is 1340. The van der Waals surface area contributed by atoms with Crippen LogP contribution in [0.4, 0.5) is 11.4 Å². The van der Waals surface area contributed by atoms with Gasteiger partial charge in [0, 0.05) is 11.8 Å². The lowest BCUT2D eigenvalue weighted by Crippen LogP contribution is -2.38. The highest BCUT2D eigenvalue weighted by Crippen LogP contribution is 2.34. The molecule has 1 amide bonds. The van der Waals surface area contributed by atoms with Crippen molar-refractivity contribution in [1.82, 2.24) is 0 Å². The van der Waals surface area contributed by atoms with Crippen molar-refractivity contribution in [2.24, 2.45) is 0 Å². The molecule has 0 heterocycles. The molecule has 190 valence electrons. The molecule has 1 N–H and O–H groups in total. The molecule has 3 aromatic carbocycles. The van der Waals surface area contributed by atoms with Gasteiger partial charge >= 0.3 is 5.97 Å². The average molecular weight is 513 g/mol. The summed E-state index contributed by atoms with van der Waals surface area (Å²) in [7, 11) is -1.22. The lowest BCUT2D eigenvalue weighted by molar-refractivity contribution is -0.114. The van der Waals surface area contributed by atoms with Crippen molar-refractivity contribution in [2.45, 2.75) is 18.7 Å². The first-order chi connectivity index (χ1) is 17.2. The van der Waals surface area contributed by atoms with Crippen LogP contribution in [0.1, 0.15) is 22.8 Å². The maximum Gasteiger partial charge on any atom is 0.338 e. The second kappa shape index (κ2) is 11.6. The largest absolute Gasteiger partial charge is 0.493 e. The molecule has 0 fully saturated rings. The van der Waals surface area contributed by atoms with Crippen LogP contribution in [0.5, 0.6) is 11.5 Å². The van der Waals surface area contributed by atoms with Gasteiger partial charge < -0.3 is 19.5 Å². The van der Waals surface area contributed by atoms with E-state index in [4.69, 9.17) is 14.2 Å². The SMILES string of the molecule is CCOC(=O)c1cccc(NC(=O)CN(c2ccc(OC)c(OC)c2)S(=O)(=O)c2ccccc2)c1C. The Balaban J connectivity index is 1.98. The predicted octanol–water partition coefficient (Wildman–Crippen LogP) is 4.02. The number of esters is 1. The molecule has 0 atom stereocenters. The third-order valence-corrected chi connectivity index (χ3v) is 7.16. The van der Waals surface area contributed by atoms with Gasteiger partial charge in [-0.2, -0.15) is 0 Å². The second-order valence-electron chi connectivity index (χ2n) is 7.61.